The van der Waals surface area contributed by atoms with Crippen LogP contribution in [0, 0.1) is 0 Å². The molecule has 0 saturated carbocycles. The fourth-order valence-electron chi connectivity index (χ4n) is 2.15. The summed E-state index contributed by atoms with van der Waals surface area (Å²) >= 11 is 1.38. The molecule has 0 bridgehead atoms. The van der Waals surface area contributed by atoms with Crippen molar-refractivity contribution in [2.75, 3.05) is 39.2 Å². The maximum absolute atomic E-state index is 12.1. The second-order valence-corrected chi connectivity index (χ2v) is 5.71. The first-order valence-electron chi connectivity index (χ1n) is 7.07. The summed E-state index contributed by atoms with van der Waals surface area (Å²) < 4.78 is 10.7. The molecule has 0 radical (unpaired) electrons. The van der Waals surface area contributed by atoms with Crippen LogP contribution in [0.15, 0.2) is 23.6 Å². The van der Waals surface area contributed by atoms with Gasteiger partial charge in [-0.25, -0.2) is 9.97 Å². The molecule has 0 aromatic carbocycles. The van der Waals surface area contributed by atoms with Gasteiger partial charge in [0.1, 0.15) is 0 Å². The highest BCUT2D eigenvalue weighted by molar-refractivity contribution is 7.99. The summed E-state index contributed by atoms with van der Waals surface area (Å²) in [5, 5.41) is 0.642. The van der Waals surface area contributed by atoms with Crippen molar-refractivity contribution < 1.29 is 14.3 Å². The Hall–Kier alpha value is -1.18. The van der Waals surface area contributed by atoms with Gasteiger partial charge in [0.2, 0.25) is 5.91 Å². The first kappa shape index (κ1) is 16.2. The zero-order valence-corrected chi connectivity index (χ0v) is 13.1. The second kappa shape index (κ2) is 8.96. The van der Waals surface area contributed by atoms with Crippen molar-refractivity contribution >= 4 is 17.7 Å². The number of piperidine rings is 1. The van der Waals surface area contributed by atoms with Gasteiger partial charge in [0, 0.05) is 32.6 Å². The molecule has 2 heterocycles. The maximum atomic E-state index is 12.1. The van der Waals surface area contributed by atoms with Crippen LogP contribution in [0.2, 0.25) is 0 Å². The highest BCUT2D eigenvalue weighted by Crippen LogP contribution is 2.17. The lowest BCUT2D eigenvalue weighted by Gasteiger charge is -2.31. The average molecular weight is 311 g/mol. The third-order valence-electron chi connectivity index (χ3n) is 3.30. The van der Waals surface area contributed by atoms with E-state index in [0.717, 1.165) is 25.9 Å². The van der Waals surface area contributed by atoms with E-state index in [0.29, 0.717) is 24.1 Å². The third-order valence-corrected chi connectivity index (χ3v) is 4.16. The van der Waals surface area contributed by atoms with Crippen molar-refractivity contribution in [3.63, 3.8) is 0 Å². The minimum atomic E-state index is 0.141. The lowest BCUT2D eigenvalue weighted by Crippen LogP contribution is -2.42. The SMILES string of the molecule is COCCOC1CCN(C(=O)CSc2ncccn2)CC1. The zero-order valence-electron chi connectivity index (χ0n) is 12.2. The topological polar surface area (TPSA) is 64.6 Å². The fourth-order valence-corrected chi connectivity index (χ4v) is 2.85. The predicted octanol–water partition coefficient (Wildman–Crippen LogP) is 1.22. The molecule has 0 atom stereocenters. The van der Waals surface area contributed by atoms with Crippen molar-refractivity contribution in [3.05, 3.63) is 18.5 Å². The number of hydrogen-bond acceptors (Lipinski definition) is 6. The van der Waals surface area contributed by atoms with Crippen LogP contribution in [-0.2, 0) is 14.3 Å². The minimum Gasteiger partial charge on any atom is -0.382 e. The summed E-state index contributed by atoms with van der Waals surface area (Å²) in [4.78, 5) is 22.2. The van der Waals surface area contributed by atoms with E-state index < -0.39 is 0 Å². The molecule has 0 N–H and O–H groups in total. The smallest absolute Gasteiger partial charge is 0.233 e. The molecule has 2 rings (SSSR count). The predicted molar refractivity (Wildman–Crippen MR) is 80.2 cm³/mol. The molecule has 1 aromatic heterocycles. The number of carbonyl (C=O) groups is 1. The highest BCUT2D eigenvalue weighted by Gasteiger charge is 2.23. The molecule has 1 aliphatic rings. The monoisotopic (exact) mass is 311 g/mol. The Morgan fingerprint density at radius 1 is 1.33 bits per heavy atom. The van der Waals surface area contributed by atoms with E-state index in [1.807, 2.05) is 4.90 Å². The lowest BCUT2D eigenvalue weighted by molar-refractivity contribution is -0.131. The van der Waals surface area contributed by atoms with Crippen LogP contribution in [0.4, 0.5) is 0 Å². The van der Waals surface area contributed by atoms with E-state index in [1.54, 1.807) is 25.6 Å². The molecule has 0 aliphatic carbocycles. The molecule has 1 aromatic rings. The summed E-state index contributed by atoms with van der Waals surface area (Å²) in [6.45, 7) is 2.75. The van der Waals surface area contributed by atoms with Gasteiger partial charge in [-0.15, -0.1) is 0 Å². The number of likely N-dealkylation sites (tertiary alicyclic amines) is 1. The molecule has 0 spiro atoms. The molecule has 1 saturated heterocycles. The van der Waals surface area contributed by atoms with Crippen molar-refractivity contribution in [2.45, 2.75) is 24.1 Å². The molecule has 6 nitrogen and oxygen atoms in total. The van der Waals surface area contributed by atoms with Crippen molar-refractivity contribution in [2.24, 2.45) is 0 Å². The number of methoxy groups -OCH3 is 1. The Kier molecular flexibility index (Phi) is 6.91. The normalized spacial score (nSPS) is 16.1. The standard InChI is InChI=1S/C14H21N3O3S/c1-19-9-10-20-12-3-7-17(8-4-12)13(18)11-21-14-15-5-2-6-16-14/h2,5-6,12H,3-4,7-11H2,1H3. The average Bonchev–Trinajstić information content (AvgIpc) is 2.54. The molecular formula is C14H21N3O3S. The lowest BCUT2D eigenvalue weighted by atomic mass is 10.1. The number of amides is 1. The quantitative estimate of drug-likeness (QED) is 0.429. The number of aromatic nitrogens is 2. The molecule has 1 fully saturated rings. The van der Waals surface area contributed by atoms with Gasteiger partial charge >= 0.3 is 0 Å². The molecule has 0 unspecified atom stereocenters. The Bertz CT molecular complexity index is 425. The largest absolute Gasteiger partial charge is 0.382 e. The van der Waals surface area contributed by atoms with Crippen LogP contribution < -0.4 is 0 Å². The van der Waals surface area contributed by atoms with Gasteiger partial charge in [-0.05, 0) is 18.9 Å². The van der Waals surface area contributed by atoms with Crippen molar-refractivity contribution in [1.82, 2.24) is 14.9 Å². The molecule has 1 aliphatic heterocycles. The number of carbonyl (C=O) groups excluding carboxylic acids is 1. The van der Waals surface area contributed by atoms with Gasteiger partial charge in [-0.1, -0.05) is 11.8 Å². The van der Waals surface area contributed by atoms with Crippen LogP contribution in [0.1, 0.15) is 12.8 Å². The van der Waals surface area contributed by atoms with Gasteiger partial charge in [-0.3, -0.25) is 4.79 Å². The number of nitrogens with zero attached hydrogens (tertiary/aromatic N) is 3. The van der Waals surface area contributed by atoms with E-state index in [9.17, 15) is 4.79 Å². The van der Waals surface area contributed by atoms with E-state index in [2.05, 4.69) is 9.97 Å². The Morgan fingerprint density at radius 2 is 2.05 bits per heavy atom. The Labute approximate surface area is 129 Å². The van der Waals surface area contributed by atoms with E-state index in [-0.39, 0.29) is 12.0 Å². The second-order valence-electron chi connectivity index (χ2n) is 4.76. The van der Waals surface area contributed by atoms with E-state index >= 15 is 0 Å². The first-order valence-corrected chi connectivity index (χ1v) is 8.06. The van der Waals surface area contributed by atoms with Crippen LogP contribution in [-0.4, -0.2) is 66.0 Å². The summed E-state index contributed by atoms with van der Waals surface area (Å²) in [6, 6.07) is 1.76. The highest BCUT2D eigenvalue weighted by atomic mass is 32.2. The third kappa shape index (κ3) is 5.61. The van der Waals surface area contributed by atoms with Crippen LogP contribution >= 0.6 is 11.8 Å². The maximum Gasteiger partial charge on any atom is 0.233 e. The molecule has 116 valence electrons. The number of ether oxygens (including phenoxy) is 2. The van der Waals surface area contributed by atoms with E-state index in [4.69, 9.17) is 9.47 Å². The van der Waals surface area contributed by atoms with Crippen LogP contribution in [0.5, 0.6) is 0 Å². The summed E-state index contributed by atoms with van der Waals surface area (Å²) in [6.07, 6.45) is 5.39. The van der Waals surface area contributed by atoms with Gasteiger partial charge in [0.05, 0.1) is 25.1 Å². The minimum absolute atomic E-state index is 0.141. The molecule has 7 heteroatoms. The van der Waals surface area contributed by atoms with E-state index in [1.165, 1.54) is 11.8 Å². The molecule has 1 amide bonds. The van der Waals surface area contributed by atoms with Crippen LogP contribution in [0.3, 0.4) is 0 Å². The number of hydrogen-bond donors (Lipinski definition) is 0. The Morgan fingerprint density at radius 3 is 2.71 bits per heavy atom. The fraction of sp³-hybridized carbons (Fsp3) is 0.643. The van der Waals surface area contributed by atoms with Crippen molar-refractivity contribution in [1.29, 1.82) is 0 Å². The summed E-state index contributed by atoms with van der Waals surface area (Å²) in [7, 11) is 1.67. The Balaban J connectivity index is 1.66. The molecule has 21 heavy (non-hydrogen) atoms. The first-order chi connectivity index (χ1) is 10.3. The number of thioether (sulfide) groups is 1. The zero-order chi connectivity index (χ0) is 14.9. The summed E-state index contributed by atoms with van der Waals surface area (Å²) in [5.41, 5.74) is 0. The van der Waals surface area contributed by atoms with Gasteiger partial charge < -0.3 is 14.4 Å². The van der Waals surface area contributed by atoms with Crippen LogP contribution in [0.25, 0.3) is 0 Å². The van der Waals surface area contributed by atoms with Gasteiger partial charge in [-0.2, -0.15) is 0 Å². The molecular weight excluding hydrogens is 290 g/mol. The van der Waals surface area contributed by atoms with Gasteiger partial charge in [0.25, 0.3) is 0 Å². The summed E-state index contributed by atoms with van der Waals surface area (Å²) in [5.74, 6) is 0.530. The van der Waals surface area contributed by atoms with Gasteiger partial charge in [0.15, 0.2) is 5.16 Å². The van der Waals surface area contributed by atoms with Crippen molar-refractivity contribution in [3.8, 4) is 0 Å². The number of rotatable bonds is 7.